The van der Waals surface area contributed by atoms with Crippen molar-refractivity contribution in [2.45, 2.75) is 0 Å². The minimum Gasteiger partial charge on any atom is -0.272 e. The van der Waals surface area contributed by atoms with Gasteiger partial charge in [0.15, 0.2) is 5.69 Å². The Balaban J connectivity index is 2.25. The number of carbonyl (C=O) groups is 2. The second-order valence-corrected chi connectivity index (χ2v) is 4.75. The Labute approximate surface area is 118 Å². The molecule has 0 aliphatic carbocycles. The lowest BCUT2D eigenvalue weighted by Crippen LogP contribution is -2.43. The van der Waals surface area contributed by atoms with Crippen molar-refractivity contribution in [1.82, 2.24) is 21.0 Å². The molecule has 0 saturated heterocycles. The number of nitrogens with one attached hydrogen (secondary N) is 3. The molecule has 1 heterocycles. The zero-order valence-corrected chi connectivity index (χ0v) is 11.4. The average Bonchev–Trinajstić information content (AvgIpc) is 2.46. The van der Waals surface area contributed by atoms with Crippen molar-refractivity contribution >= 4 is 34.3 Å². The van der Waals surface area contributed by atoms with Crippen LogP contribution in [0.2, 0.25) is 0 Å². The molecular formula is C12H12N4O3S. The van der Waals surface area contributed by atoms with Crippen LogP contribution in [0.1, 0.15) is 10.5 Å². The molecule has 0 unspecified atom stereocenters. The largest absolute Gasteiger partial charge is 0.290 e. The molecule has 2 rings (SSSR count). The van der Waals surface area contributed by atoms with Gasteiger partial charge in [0.1, 0.15) is 0 Å². The number of thioether (sulfide) groups is 1. The van der Waals surface area contributed by atoms with Crippen LogP contribution in [0, 0.1) is 0 Å². The third kappa shape index (κ3) is 2.97. The first-order chi connectivity index (χ1) is 9.63. The van der Waals surface area contributed by atoms with Crippen molar-refractivity contribution in [3.63, 3.8) is 0 Å². The van der Waals surface area contributed by atoms with Gasteiger partial charge in [-0.2, -0.15) is 16.9 Å². The molecular weight excluding hydrogens is 280 g/mol. The fourth-order valence-electron chi connectivity index (χ4n) is 1.64. The molecule has 1 aromatic carbocycles. The van der Waals surface area contributed by atoms with Gasteiger partial charge in [-0.05, 0) is 12.3 Å². The van der Waals surface area contributed by atoms with E-state index in [1.807, 2.05) is 0 Å². The summed E-state index contributed by atoms with van der Waals surface area (Å²) in [6.07, 6.45) is 1.78. The standard InChI is InChI=1S/C12H12N4O3S/c1-20-6-9(17)13-16-12(19)10-7-4-2-3-5-8(7)11(18)15-14-10/h2-5H,6H2,1H3,(H,13,17)(H,15,18)(H,16,19). The van der Waals surface area contributed by atoms with Crippen LogP contribution >= 0.6 is 11.8 Å². The highest BCUT2D eigenvalue weighted by atomic mass is 32.2. The molecule has 3 N–H and O–H groups in total. The van der Waals surface area contributed by atoms with E-state index >= 15 is 0 Å². The van der Waals surface area contributed by atoms with E-state index in [0.29, 0.717) is 10.8 Å². The first-order valence-electron chi connectivity index (χ1n) is 5.69. The SMILES string of the molecule is CSCC(=O)NNC(=O)c1n[nH]c(=O)c2ccccc12. The van der Waals surface area contributed by atoms with E-state index in [1.54, 1.807) is 30.5 Å². The number of aromatic amines is 1. The molecule has 2 aromatic rings. The lowest BCUT2D eigenvalue weighted by Gasteiger charge is -2.07. The van der Waals surface area contributed by atoms with Crippen molar-refractivity contribution in [1.29, 1.82) is 0 Å². The van der Waals surface area contributed by atoms with E-state index in [2.05, 4.69) is 21.0 Å². The number of hydrogen-bond donors (Lipinski definition) is 3. The van der Waals surface area contributed by atoms with Crippen LogP contribution in [0.25, 0.3) is 10.8 Å². The molecule has 0 aliphatic heterocycles. The Kier molecular flexibility index (Phi) is 4.36. The first-order valence-corrected chi connectivity index (χ1v) is 7.08. The van der Waals surface area contributed by atoms with Crippen molar-refractivity contribution in [3.8, 4) is 0 Å². The molecule has 0 saturated carbocycles. The number of aromatic nitrogens is 2. The first kappa shape index (κ1) is 14.1. The smallest absolute Gasteiger partial charge is 0.272 e. The van der Waals surface area contributed by atoms with Gasteiger partial charge in [-0.1, -0.05) is 18.2 Å². The number of fused-ring (bicyclic) bond motifs is 1. The predicted molar refractivity (Wildman–Crippen MR) is 76.4 cm³/mol. The maximum atomic E-state index is 12.0. The van der Waals surface area contributed by atoms with E-state index < -0.39 is 5.91 Å². The summed E-state index contributed by atoms with van der Waals surface area (Å²) in [4.78, 5) is 34.8. The van der Waals surface area contributed by atoms with Crippen molar-refractivity contribution in [2.75, 3.05) is 12.0 Å². The number of rotatable bonds is 3. The van der Waals surface area contributed by atoms with Gasteiger partial charge in [-0.15, -0.1) is 0 Å². The summed E-state index contributed by atoms with van der Waals surface area (Å²) in [5.41, 5.74) is 4.20. The molecule has 0 bridgehead atoms. The molecule has 2 amide bonds. The van der Waals surface area contributed by atoms with Gasteiger partial charge in [-0.3, -0.25) is 25.2 Å². The fourth-order valence-corrected chi connectivity index (χ4v) is 1.98. The summed E-state index contributed by atoms with van der Waals surface area (Å²) >= 11 is 1.34. The Morgan fingerprint density at radius 2 is 1.95 bits per heavy atom. The quantitative estimate of drug-likeness (QED) is 0.693. The number of nitrogens with zero attached hydrogens (tertiary/aromatic N) is 1. The van der Waals surface area contributed by atoms with E-state index in [-0.39, 0.29) is 22.9 Å². The van der Waals surface area contributed by atoms with Gasteiger partial charge < -0.3 is 0 Å². The summed E-state index contributed by atoms with van der Waals surface area (Å²) in [7, 11) is 0. The number of hydrazine groups is 1. The normalized spacial score (nSPS) is 10.2. The molecule has 0 aliphatic rings. The Morgan fingerprint density at radius 1 is 1.25 bits per heavy atom. The van der Waals surface area contributed by atoms with Gasteiger partial charge in [0.05, 0.1) is 11.1 Å². The minimum absolute atomic E-state index is 0.0460. The number of amides is 2. The van der Waals surface area contributed by atoms with Gasteiger partial charge in [0.2, 0.25) is 5.91 Å². The minimum atomic E-state index is -0.591. The molecule has 20 heavy (non-hydrogen) atoms. The maximum Gasteiger partial charge on any atom is 0.290 e. The second kappa shape index (κ2) is 6.20. The highest BCUT2D eigenvalue weighted by Gasteiger charge is 2.14. The van der Waals surface area contributed by atoms with Crippen molar-refractivity contribution in [2.24, 2.45) is 0 Å². The number of carbonyl (C=O) groups excluding carboxylic acids is 2. The van der Waals surface area contributed by atoms with Crippen molar-refractivity contribution in [3.05, 3.63) is 40.3 Å². The number of H-pyrrole nitrogens is 1. The zero-order valence-electron chi connectivity index (χ0n) is 10.6. The molecule has 0 atom stereocenters. The van der Waals surface area contributed by atoms with E-state index in [1.165, 1.54) is 11.8 Å². The summed E-state index contributed by atoms with van der Waals surface area (Å²) in [5, 5.41) is 6.77. The predicted octanol–water partition coefficient (Wildman–Crippen LogP) is 0.0471. The van der Waals surface area contributed by atoms with Crippen LogP contribution in [0.15, 0.2) is 29.1 Å². The lowest BCUT2D eigenvalue weighted by molar-refractivity contribution is -0.119. The third-order valence-electron chi connectivity index (χ3n) is 2.50. The average molecular weight is 292 g/mol. The Hall–Kier alpha value is -2.35. The molecule has 0 spiro atoms. The second-order valence-electron chi connectivity index (χ2n) is 3.88. The molecule has 104 valence electrons. The molecule has 8 heteroatoms. The van der Waals surface area contributed by atoms with Crippen LogP contribution in [0.4, 0.5) is 0 Å². The maximum absolute atomic E-state index is 12.0. The van der Waals surface area contributed by atoms with Crippen LogP contribution in [-0.4, -0.2) is 34.0 Å². The van der Waals surface area contributed by atoms with E-state index in [4.69, 9.17) is 0 Å². The molecule has 1 aromatic heterocycles. The molecule has 7 nitrogen and oxygen atoms in total. The van der Waals surface area contributed by atoms with Crippen molar-refractivity contribution < 1.29 is 9.59 Å². The van der Waals surface area contributed by atoms with Crippen LogP contribution in [-0.2, 0) is 4.79 Å². The Bertz CT molecular complexity index is 713. The summed E-state index contributed by atoms with van der Waals surface area (Å²) in [5.74, 6) is -0.674. The number of benzene rings is 1. The van der Waals surface area contributed by atoms with E-state index in [0.717, 1.165) is 0 Å². The molecule has 0 fully saturated rings. The Morgan fingerprint density at radius 3 is 2.65 bits per heavy atom. The summed E-state index contributed by atoms with van der Waals surface area (Å²) in [6, 6.07) is 6.61. The highest BCUT2D eigenvalue weighted by Crippen LogP contribution is 2.11. The summed E-state index contributed by atoms with van der Waals surface area (Å²) in [6.45, 7) is 0. The van der Waals surface area contributed by atoms with Crippen LogP contribution in [0.3, 0.4) is 0 Å². The third-order valence-corrected chi connectivity index (χ3v) is 3.05. The monoisotopic (exact) mass is 292 g/mol. The van der Waals surface area contributed by atoms with E-state index in [9.17, 15) is 14.4 Å². The highest BCUT2D eigenvalue weighted by molar-refractivity contribution is 7.99. The van der Waals surface area contributed by atoms with Gasteiger partial charge in [0, 0.05) is 5.39 Å². The zero-order chi connectivity index (χ0) is 14.5. The van der Waals surface area contributed by atoms with Gasteiger partial charge >= 0.3 is 0 Å². The summed E-state index contributed by atoms with van der Waals surface area (Å²) < 4.78 is 0. The fraction of sp³-hybridized carbons (Fsp3) is 0.167. The van der Waals surface area contributed by atoms with Crippen LogP contribution in [0.5, 0.6) is 0 Å². The van der Waals surface area contributed by atoms with Gasteiger partial charge in [0.25, 0.3) is 11.5 Å². The number of hydrogen-bond acceptors (Lipinski definition) is 5. The molecule has 0 radical (unpaired) electrons. The van der Waals surface area contributed by atoms with Crippen LogP contribution < -0.4 is 16.4 Å². The lowest BCUT2D eigenvalue weighted by atomic mass is 10.1. The van der Waals surface area contributed by atoms with Gasteiger partial charge in [-0.25, -0.2) is 5.10 Å². The topological polar surface area (TPSA) is 104 Å².